The zero-order valence-corrected chi connectivity index (χ0v) is 11.9. The van der Waals surface area contributed by atoms with Crippen LogP contribution in [-0.2, 0) is 16.0 Å². The number of aryl methyl sites for hydroxylation is 1. The number of benzene rings is 1. The maximum Gasteiger partial charge on any atom is 0.249 e. The highest BCUT2D eigenvalue weighted by atomic mass is 79.9. The third-order valence-electron chi connectivity index (χ3n) is 3.05. The van der Waals surface area contributed by atoms with Crippen LogP contribution in [-0.4, -0.2) is 25.2 Å². The summed E-state index contributed by atoms with van der Waals surface area (Å²) < 4.78 is 6.43. The van der Waals surface area contributed by atoms with Crippen molar-refractivity contribution in [1.29, 1.82) is 0 Å². The van der Waals surface area contributed by atoms with Crippen LogP contribution in [0.2, 0.25) is 0 Å². The van der Waals surface area contributed by atoms with Gasteiger partial charge in [0.15, 0.2) is 0 Å². The molecule has 1 aliphatic rings. The fourth-order valence-electron chi connectivity index (χ4n) is 2.09. The van der Waals surface area contributed by atoms with Crippen LogP contribution in [0.25, 0.3) is 0 Å². The average Bonchev–Trinajstić information content (AvgIpc) is 2.88. The molecule has 1 fully saturated rings. The molecule has 0 bridgehead atoms. The van der Waals surface area contributed by atoms with Gasteiger partial charge in [0.25, 0.3) is 0 Å². The number of hydrogen-bond donors (Lipinski definition) is 1. The number of carbonyl (C=O) groups is 1. The first-order chi connectivity index (χ1) is 8.75. The predicted molar refractivity (Wildman–Crippen MR) is 74.4 cm³/mol. The number of nitrogens with one attached hydrogen (secondary N) is 1. The van der Waals surface area contributed by atoms with Crippen molar-refractivity contribution in [3.05, 3.63) is 34.3 Å². The van der Waals surface area contributed by atoms with Gasteiger partial charge in [0.05, 0.1) is 0 Å². The Bertz CT molecular complexity index is 403. The van der Waals surface area contributed by atoms with Crippen LogP contribution in [0.5, 0.6) is 0 Å². The highest BCUT2D eigenvalue weighted by Gasteiger charge is 2.22. The molecule has 1 saturated heterocycles. The van der Waals surface area contributed by atoms with Crippen molar-refractivity contribution < 1.29 is 9.53 Å². The van der Waals surface area contributed by atoms with Gasteiger partial charge in [-0.05, 0) is 43.4 Å². The van der Waals surface area contributed by atoms with Gasteiger partial charge in [0.1, 0.15) is 6.10 Å². The Labute approximate surface area is 116 Å². The van der Waals surface area contributed by atoms with Gasteiger partial charge in [-0.1, -0.05) is 28.1 Å². The molecule has 2 rings (SSSR count). The molecule has 3 nitrogen and oxygen atoms in total. The van der Waals surface area contributed by atoms with E-state index in [-0.39, 0.29) is 12.0 Å². The van der Waals surface area contributed by atoms with E-state index in [4.69, 9.17) is 4.74 Å². The molecule has 0 spiro atoms. The van der Waals surface area contributed by atoms with Crippen LogP contribution in [0.15, 0.2) is 28.7 Å². The minimum absolute atomic E-state index is 0.0433. The van der Waals surface area contributed by atoms with Gasteiger partial charge in [-0.2, -0.15) is 0 Å². The van der Waals surface area contributed by atoms with Gasteiger partial charge < -0.3 is 10.1 Å². The van der Waals surface area contributed by atoms with Crippen LogP contribution in [0.1, 0.15) is 24.8 Å². The number of carbonyl (C=O) groups excluding carboxylic acids is 1. The van der Waals surface area contributed by atoms with Gasteiger partial charge in [-0.15, -0.1) is 0 Å². The van der Waals surface area contributed by atoms with E-state index in [2.05, 4.69) is 33.4 Å². The van der Waals surface area contributed by atoms with Crippen LogP contribution < -0.4 is 5.32 Å². The Hall–Kier alpha value is -0.870. The largest absolute Gasteiger partial charge is 0.368 e. The third kappa shape index (κ3) is 4.10. The second kappa shape index (κ2) is 6.90. The molecular formula is C14H18BrNO2. The van der Waals surface area contributed by atoms with Gasteiger partial charge in [0.2, 0.25) is 5.91 Å². The summed E-state index contributed by atoms with van der Waals surface area (Å²) in [4.78, 5) is 11.7. The number of hydrogen-bond acceptors (Lipinski definition) is 2. The van der Waals surface area contributed by atoms with Crippen molar-refractivity contribution in [2.75, 3.05) is 13.2 Å². The second-order valence-corrected chi connectivity index (χ2v) is 5.44. The van der Waals surface area contributed by atoms with Crippen molar-refractivity contribution in [3.8, 4) is 0 Å². The van der Waals surface area contributed by atoms with Crippen molar-refractivity contribution in [3.63, 3.8) is 0 Å². The van der Waals surface area contributed by atoms with E-state index < -0.39 is 0 Å². The summed E-state index contributed by atoms with van der Waals surface area (Å²) >= 11 is 3.45. The van der Waals surface area contributed by atoms with Gasteiger partial charge >= 0.3 is 0 Å². The first-order valence-electron chi connectivity index (χ1n) is 6.39. The number of halogens is 1. The number of amides is 1. The quantitative estimate of drug-likeness (QED) is 0.849. The second-order valence-electron chi connectivity index (χ2n) is 4.53. The Morgan fingerprint density at radius 3 is 3.11 bits per heavy atom. The summed E-state index contributed by atoms with van der Waals surface area (Å²) in [6.07, 6.45) is 3.57. The topological polar surface area (TPSA) is 38.3 Å². The molecule has 0 aliphatic carbocycles. The Morgan fingerprint density at radius 1 is 1.50 bits per heavy atom. The lowest BCUT2D eigenvalue weighted by atomic mass is 10.1. The summed E-state index contributed by atoms with van der Waals surface area (Å²) in [6, 6.07) is 8.27. The molecule has 0 radical (unpaired) electrons. The summed E-state index contributed by atoms with van der Waals surface area (Å²) in [5.74, 6) is 0.0433. The standard InChI is InChI=1S/C14H18BrNO2/c15-12-6-1-4-11(10-12)5-2-8-16-14(17)13-7-3-9-18-13/h1,4,6,10,13H,2-3,5,7-9H2,(H,16,17)/t13-/m1/s1. The third-order valence-corrected chi connectivity index (χ3v) is 3.55. The fourth-order valence-corrected chi connectivity index (χ4v) is 2.54. The van der Waals surface area contributed by atoms with Crippen LogP contribution in [0, 0.1) is 0 Å². The Kier molecular flexibility index (Phi) is 5.20. The number of ether oxygens (including phenoxy) is 1. The molecule has 1 aromatic carbocycles. The molecule has 0 aromatic heterocycles. The van der Waals surface area contributed by atoms with Gasteiger partial charge in [0, 0.05) is 17.6 Å². The fraction of sp³-hybridized carbons (Fsp3) is 0.500. The Balaban J connectivity index is 1.65. The SMILES string of the molecule is O=C(NCCCc1cccc(Br)c1)[C@H]1CCCO1. The lowest BCUT2D eigenvalue weighted by Gasteiger charge is -2.10. The van der Waals surface area contributed by atoms with Crippen LogP contribution in [0.4, 0.5) is 0 Å². The van der Waals surface area contributed by atoms with E-state index in [0.717, 1.165) is 36.8 Å². The lowest BCUT2D eigenvalue weighted by Crippen LogP contribution is -2.34. The van der Waals surface area contributed by atoms with Crippen LogP contribution in [0.3, 0.4) is 0 Å². The van der Waals surface area contributed by atoms with E-state index in [1.165, 1.54) is 5.56 Å². The van der Waals surface area contributed by atoms with E-state index >= 15 is 0 Å². The molecule has 1 aliphatic heterocycles. The van der Waals surface area contributed by atoms with Crippen LogP contribution >= 0.6 is 15.9 Å². The summed E-state index contributed by atoms with van der Waals surface area (Å²) in [5.41, 5.74) is 1.29. The zero-order valence-electron chi connectivity index (χ0n) is 10.3. The minimum Gasteiger partial charge on any atom is -0.368 e. The zero-order chi connectivity index (χ0) is 12.8. The summed E-state index contributed by atoms with van der Waals surface area (Å²) in [5, 5.41) is 2.93. The van der Waals surface area contributed by atoms with Crippen molar-refractivity contribution in [2.24, 2.45) is 0 Å². The normalized spacial score (nSPS) is 18.8. The Morgan fingerprint density at radius 2 is 2.39 bits per heavy atom. The highest BCUT2D eigenvalue weighted by molar-refractivity contribution is 9.10. The first-order valence-corrected chi connectivity index (χ1v) is 7.19. The molecular weight excluding hydrogens is 294 g/mol. The number of rotatable bonds is 5. The molecule has 0 saturated carbocycles. The molecule has 1 atom stereocenters. The lowest BCUT2D eigenvalue weighted by molar-refractivity contribution is -0.130. The first kappa shape index (κ1) is 13.6. The summed E-state index contributed by atoms with van der Waals surface area (Å²) in [7, 11) is 0. The predicted octanol–water partition coefficient (Wildman–Crippen LogP) is 2.68. The van der Waals surface area contributed by atoms with E-state index in [1.54, 1.807) is 0 Å². The highest BCUT2D eigenvalue weighted by Crippen LogP contribution is 2.13. The van der Waals surface area contributed by atoms with E-state index in [0.29, 0.717) is 6.54 Å². The molecule has 4 heteroatoms. The smallest absolute Gasteiger partial charge is 0.249 e. The summed E-state index contributed by atoms with van der Waals surface area (Å²) in [6.45, 7) is 1.43. The van der Waals surface area contributed by atoms with Gasteiger partial charge in [-0.3, -0.25) is 4.79 Å². The van der Waals surface area contributed by atoms with Gasteiger partial charge in [-0.25, -0.2) is 0 Å². The molecule has 98 valence electrons. The molecule has 1 N–H and O–H groups in total. The molecule has 18 heavy (non-hydrogen) atoms. The van der Waals surface area contributed by atoms with Crippen molar-refractivity contribution in [2.45, 2.75) is 31.8 Å². The molecule has 0 unspecified atom stereocenters. The molecule has 1 heterocycles. The molecule has 1 amide bonds. The maximum absolute atomic E-state index is 11.7. The van der Waals surface area contributed by atoms with E-state index in [9.17, 15) is 4.79 Å². The molecule has 1 aromatic rings. The van der Waals surface area contributed by atoms with Crippen molar-refractivity contribution in [1.82, 2.24) is 5.32 Å². The van der Waals surface area contributed by atoms with Crippen molar-refractivity contribution >= 4 is 21.8 Å². The monoisotopic (exact) mass is 311 g/mol. The average molecular weight is 312 g/mol. The maximum atomic E-state index is 11.7. The van der Waals surface area contributed by atoms with E-state index in [1.807, 2.05) is 12.1 Å². The minimum atomic E-state index is -0.212.